The number of aromatic nitrogens is 2. The maximum atomic E-state index is 9.12. The van der Waals surface area contributed by atoms with Crippen LogP contribution in [0.2, 0.25) is 0 Å². The van der Waals surface area contributed by atoms with Gasteiger partial charge in [-0.1, -0.05) is 19.4 Å². The van der Waals surface area contributed by atoms with E-state index in [4.69, 9.17) is 5.26 Å². The van der Waals surface area contributed by atoms with Crippen molar-refractivity contribution in [2.75, 3.05) is 0 Å². The number of hydrogen-bond acceptors (Lipinski definition) is 2. The van der Waals surface area contributed by atoms with Gasteiger partial charge < -0.3 is 4.98 Å². The Bertz CT molecular complexity index is 602. The second-order valence-corrected chi connectivity index (χ2v) is 5.12. The van der Waals surface area contributed by atoms with Crippen LogP contribution in [0.15, 0.2) is 18.2 Å². The topological polar surface area (TPSA) is 52.5 Å². The molecule has 1 aromatic carbocycles. The Morgan fingerprint density at radius 2 is 2.33 bits per heavy atom. The van der Waals surface area contributed by atoms with Gasteiger partial charge in [0, 0.05) is 5.92 Å². The van der Waals surface area contributed by atoms with Gasteiger partial charge in [0.05, 0.1) is 23.0 Å². The zero-order chi connectivity index (χ0) is 12.5. The molecule has 0 saturated heterocycles. The van der Waals surface area contributed by atoms with Crippen molar-refractivity contribution >= 4 is 11.0 Å². The first kappa shape index (κ1) is 11.3. The Hall–Kier alpha value is -1.82. The van der Waals surface area contributed by atoms with Gasteiger partial charge >= 0.3 is 0 Å². The van der Waals surface area contributed by atoms with Crippen LogP contribution in [0.4, 0.5) is 0 Å². The fourth-order valence-corrected chi connectivity index (χ4v) is 2.54. The quantitative estimate of drug-likeness (QED) is 0.884. The molecular weight excluding hydrogens is 222 g/mol. The lowest BCUT2D eigenvalue weighted by Gasteiger charge is -2.22. The van der Waals surface area contributed by atoms with Gasteiger partial charge in [-0.2, -0.15) is 5.26 Å². The Labute approximate surface area is 107 Å². The summed E-state index contributed by atoms with van der Waals surface area (Å²) in [6, 6.07) is 8.50. The first-order valence-electron chi connectivity index (χ1n) is 6.71. The van der Waals surface area contributed by atoms with Crippen molar-refractivity contribution in [2.24, 2.45) is 0 Å². The number of nitrogens with one attached hydrogen (secondary N) is 1. The minimum absolute atomic E-state index is 0.00940. The van der Waals surface area contributed by atoms with Crippen molar-refractivity contribution in [3.8, 4) is 6.07 Å². The molecule has 0 spiro atoms. The fraction of sp³-hybridized carbons (Fsp3) is 0.467. The van der Waals surface area contributed by atoms with E-state index in [1.54, 1.807) is 0 Å². The Morgan fingerprint density at radius 1 is 1.50 bits per heavy atom. The molecule has 1 atom stereocenters. The van der Waals surface area contributed by atoms with Crippen LogP contribution in [0.25, 0.3) is 11.0 Å². The lowest BCUT2D eigenvalue weighted by atomic mass is 9.85. The molecule has 0 bridgehead atoms. The van der Waals surface area contributed by atoms with Crippen LogP contribution in [-0.4, -0.2) is 9.97 Å². The zero-order valence-electron chi connectivity index (χ0n) is 10.6. The van der Waals surface area contributed by atoms with E-state index in [1.807, 2.05) is 19.1 Å². The minimum Gasteiger partial charge on any atom is -0.342 e. The van der Waals surface area contributed by atoms with Crippen LogP contribution in [0.5, 0.6) is 0 Å². The van der Waals surface area contributed by atoms with E-state index in [0.29, 0.717) is 5.92 Å². The van der Waals surface area contributed by atoms with Gasteiger partial charge in [-0.05, 0) is 37.0 Å². The molecule has 1 aliphatic rings. The average Bonchev–Trinajstić information content (AvgIpc) is 2.70. The number of benzene rings is 1. The summed E-state index contributed by atoms with van der Waals surface area (Å²) in [5.41, 5.74) is 3.19. The number of H-pyrrole nitrogens is 1. The normalized spacial score (nSPS) is 17.3. The van der Waals surface area contributed by atoms with Gasteiger partial charge in [-0.3, -0.25) is 0 Å². The average molecular weight is 239 g/mol. The molecule has 1 heterocycles. The van der Waals surface area contributed by atoms with Crippen LogP contribution in [0.3, 0.4) is 0 Å². The maximum absolute atomic E-state index is 9.12. The lowest BCUT2D eigenvalue weighted by Crippen LogP contribution is -2.10. The summed E-state index contributed by atoms with van der Waals surface area (Å²) in [5.74, 6) is 1.74. The van der Waals surface area contributed by atoms with Crippen molar-refractivity contribution in [2.45, 2.75) is 44.4 Å². The van der Waals surface area contributed by atoms with Crippen molar-refractivity contribution in [1.82, 2.24) is 9.97 Å². The molecule has 2 aromatic rings. The van der Waals surface area contributed by atoms with Crippen molar-refractivity contribution in [3.63, 3.8) is 0 Å². The number of imidazole rings is 1. The van der Waals surface area contributed by atoms with Gasteiger partial charge in [-0.15, -0.1) is 0 Å². The van der Waals surface area contributed by atoms with Gasteiger partial charge in [0.25, 0.3) is 0 Å². The number of fused-ring (bicyclic) bond motifs is 1. The monoisotopic (exact) mass is 239 g/mol. The summed E-state index contributed by atoms with van der Waals surface area (Å²) in [6.07, 6.45) is 4.68. The van der Waals surface area contributed by atoms with E-state index in [2.05, 4.69) is 22.1 Å². The summed E-state index contributed by atoms with van der Waals surface area (Å²) < 4.78 is 0. The molecule has 1 aliphatic carbocycles. The molecule has 0 amide bonds. The Kier molecular flexibility index (Phi) is 2.79. The molecule has 1 saturated carbocycles. The molecule has 1 aromatic heterocycles. The third-order valence-corrected chi connectivity index (χ3v) is 3.98. The van der Waals surface area contributed by atoms with Gasteiger partial charge in [0.2, 0.25) is 0 Å². The van der Waals surface area contributed by atoms with E-state index >= 15 is 0 Å². The molecule has 3 nitrogen and oxygen atoms in total. The van der Waals surface area contributed by atoms with E-state index in [0.717, 1.165) is 28.8 Å². The Morgan fingerprint density at radius 3 is 2.94 bits per heavy atom. The maximum Gasteiger partial charge on any atom is 0.110 e. The number of hydrogen-bond donors (Lipinski definition) is 1. The first-order chi connectivity index (χ1) is 8.81. The zero-order valence-corrected chi connectivity index (χ0v) is 10.6. The SMILES string of the molecule is CCC(C#N)c1ccc2nc(C3CCC3)[nH]c2c1. The molecule has 3 rings (SSSR count). The van der Waals surface area contributed by atoms with Gasteiger partial charge in [0.15, 0.2) is 0 Å². The second kappa shape index (κ2) is 4.45. The summed E-state index contributed by atoms with van der Waals surface area (Å²) in [5, 5.41) is 9.12. The molecule has 1 N–H and O–H groups in total. The molecule has 3 heteroatoms. The van der Waals surface area contributed by atoms with Gasteiger partial charge in [-0.25, -0.2) is 4.98 Å². The van der Waals surface area contributed by atoms with Crippen LogP contribution >= 0.6 is 0 Å². The third-order valence-electron chi connectivity index (χ3n) is 3.98. The molecule has 0 aliphatic heterocycles. The molecule has 0 radical (unpaired) electrons. The van der Waals surface area contributed by atoms with E-state index in [1.165, 1.54) is 19.3 Å². The highest BCUT2D eigenvalue weighted by Crippen LogP contribution is 2.35. The standard InChI is InChI=1S/C15H17N3/c1-2-10(9-16)12-6-7-13-14(8-12)18-15(17-13)11-4-3-5-11/h6-8,10-11H,2-5H2,1H3,(H,17,18). The van der Waals surface area contributed by atoms with Crippen molar-refractivity contribution in [1.29, 1.82) is 5.26 Å². The highest BCUT2D eigenvalue weighted by atomic mass is 14.9. The molecule has 1 unspecified atom stereocenters. The summed E-state index contributed by atoms with van der Waals surface area (Å²) in [7, 11) is 0. The molecular formula is C15H17N3. The van der Waals surface area contributed by atoms with Crippen LogP contribution < -0.4 is 0 Å². The smallest absolute Gasteiger partial charge is 0.110 e. The van der Waals surface area contributed by atoms with Crippen molar-refractivity contribution < 1.29 is 0 Å². The van der Waals surface area contributed by atoms with Crippen LogP contribution in [0, 0.1) is 11.3 Å². The third kappa shape index (κ3) is 1.78. The highest BCUT2D eigenvalue weighted by molar-refractivity contribution is 5.76. The molecule has 92 valence electrons. The lowest BCUT2D eigenvalue weighted by molar-refractivity contribution is 0.405. The number of nitriles is 1. The number of aromatic amines is 1. The predicted octanol–water partition coefficient (Wildman–Crippen LogP) is 3.85. The second-order valence-electron chi connectivity index (χ2n) is 5.12. The van der Waals surface area contributed by atoms with Gasteiger partial charge in [0.1, 0.15) is 5.82 Å². The molecule has 1 fully saturated rings. The summed E-state index contributed by atoms with van der Waals surface area (Å²) in [6.45, 7) is 2.05. The highest BCUT2D eigenvalue weighted by Gasteiger charge is 2.22. The van der Waals surface area contributed by atoms with E-state index in [9.17, 15) is 0 Å². The van der Waals surface area contributed by atoms with Crippen LogP contribution in [-0.2, 0) is 0 Å². The van der Waals surface area contributed by atoms with Crippen molar-refractivity contribution in [3.05, 3.63) is 29.6 Å². The van der Waals surface area contributed by atoms with Crippen LogP contribution in [0.1, 0.15) is 55.8 Å². The summed E-state index contributed by atoms with van der Waals surface area (Å²) >= 11 is 0. The largest absolute Gasteiger partial charge is 0.342 e. The first-order valence-corrected chi connectivity index (χ1v) is 6.71. The number of rotatable bonds is 3. The number of nitrogens with zero attached hydrogens (tertiary/aromatic N) is 2. The molecule has 18 heavy (non-hydrogen) atoms. The minimum atomic E-state index is -0.00940. The van der Waals surface area contributed by atoms with E-state index < -0.39 is 0 Å². The van der Waals surface area contributed by atoms with E-state index in [-0.39, 0.29) is 5.92 Å². The Balaban J connectivity index is 1.98. The predicted molar refractivity (Wildman–Crippen MR) is 71.3 cm³/mol. The summed E-state index contributed by atoms with van der Waals surface area (Å²) in [4.78, 5) is 8.07. The fourth-order valence-electron chi connectivity index (χ4n) is 2.54.